The van der Waals surface area contributed by atoms with Gasteiger partial charge in [0.25, 0.3) is 5.91 Å². The summed E-state index contributed by atoms with van der Waals surface area (Å²) in [4.78, 5) is 35.6. The summed E-state index contributed by atoms with van der Waals surface area (Å²) in [7, 11) is -3.77. The van der Waals surface area contributed by atoms with Gasteiger partial charge < -0.3 is 19.5 Å². The van der Waals surface area contributed by atoms with Crippen LogP contribution in [0.1, 0.15) is 33.1 Å². The molecule has 1 fully saturated rings. The summed E-state index contributed by atoms with van der Waals surface area (Å²) in [6.45, 7) is 4.14. The maximum atomic E-state index is 13.1. The van der Waals surface area contributed by atoms with Gasteiger partial charge in [0.15, 0.2) is 18.1 Å². The molecule has 2 aliphatic heterocycles. The molecule has 0 atom stereocenters. The molecule has 0 spiro atoms. The second kappa shape index (κ2) is 10.8. The van der Waals surface area contributed by atoms with Gasteiger partial charge in [0.1, 0.15) is 0 Å². The number of rotatable bonds is 6. The van der Waals surface area contributed by atoms with E-state index in [9.17, 15) is 22.8 Å². The van der Waals surface area contributed by atoms with Crippen LogP contribution in [0, 0.1) is 5.92 Å². The average Bonchev–Trinajstić information content (AvgIpc) is 3.02. The standard InChI is InChI=1S/C21H29N3O8S/c1-14(2)22-21(27)23-19(25)13-32-20(26)15-6-8-24(9-7-15)33(28,29)16-4-5-17-18(12-16)31-11-3-10-30-17/h4-5,12,14-15H,3,6-11,13H2,1-2H3,(H2,22,23,25,27). The second-order valence-electron chi connectivity index (χ2n) is 8.12. The number of benzene rings is 1. The highest BCUT2D eigenvalue weighted by molar-refractivity contribution is 7.89. The number of amides is 3. The fraction of sp³-hybridized carbons (Fsp3) is 0.571. The van der Waals surface area contributed by atoms with Crippen molar-refractivity contribution in [2.75, 3.05) is 32.9 Å². The smallest absolute Gasteiger partial charge is 0.321 e. The SMILES string of the molecule is CC(C)NC(=O)NC(=O)COC(=O)C1CCN(S(=O)(=O)c2ccc3c(c2)OCCCO3)CC1. The molecule has 0 unspecified atom stereocenters. The van der Waals surface area contributed by atoms with E-state index in [-0.39, 0.29) is 36.9 Å². The van der Waals surface area contributed by atoms with Crippen molar-refractivity contribution >= 4 is 27.9 Å². The molecule has 12 heteroatoms. The fourth-order valence-electron chi connectivity index (χ4n) is 3.50. The lowest BCUT2D eigenvalue weighted by atomic mass is 9.98. The molecular formula is C21H29N3O8S. The zero-order valence-corrected chi connectivity index (χ0v) is 19.5. The number of piperidine rings is 1. The van der Waals surface area contributed by atoms with Crippen molar-refractivity contribution in [3.63, 3.8) is 0 Å². The molecule has 2 aliphatic rings. The summed E-state index contributed by atoms with van der Waals surface area (Å²) < 4.78 is 43.5. The van der Waals surface area contributed by atoms with Crippen LogP contribution in [-0.4, -0.2) is 69.6 Å². The minimum absolute atomic E-state index is 0.101. The van der Waals surface area contributed by atoms with Crippen LogP contribution in [0.3, 0.4) is 0 Å². The monoisotopic (exact) mass is 483 g/mol. The first-order valence-electron chi connectivity index (χ1n) is 10.8. The molecule has 0 saturated carbocycles. The molecule has 0 bridgehead atoms. The number of urea groups is 1. The fourth-order valence-corrected chi connectivity index (χ4v) is 4.99. The summed E-state index contributed by atoms with van der Waals surface area (Å²) in [6.07, 6.45) is 1.24. The highest BCUT2D eigenvalue weighted by atomic mass is 32.2. The third-order valence-corrected chi connectivity index (χ3v) is 7.06. The summed E-state index contributed by atoms with van der Waals surface area (Å²) in [5.74, 6) is -0.957. The maximum Gasteiger partial charge on any atom is 0.321 e. The molecule has 11 nitrogen and oxygen atoms in total. The van der Waals surface area contributed by atoms with E-state index in [2.05, 4.69) is 10.6 Å². The van der Waals surface area contributed by atoms with E-state index in [0.29, 0.717) is 31.1 Å². The Labute approximate surface area is 192 Å². The number of ether oxygens (including phenoxy) is 3. The van der Waals surface area contributed by atoms with E-state index < -0.39 is 40.5 Å². The predicted molar refractivity (Wildman–Crippen MR) is 116 cm³/mol. The third kappa shape index (κ3) is 6.57. The first kappa shape index (κ1) is 24.8. The van der Waals surface area contributed by atoms with Gasteiger partial charge in [-0.25, -0.2) is 13.2 Å². The number of nitrogens with one attached hydrogen (secondary N) is 2. The van der Waals surface area contributed by atoms with Crippen molar-refractivity contribution in [1.29, 1.82) is 0 Å². The van der Waals surface area contributed by atoms with Crippen LogP contribution in [0.5, 0.6) is 11.5 Å². The molecule has 33 heavy (non-hydrogen) atoms. The lowest BCUT2D eigenvalue weighted by Crippen LogP contribution is -2.44. The molecule has 182 valence electrons. The third-order valence-electron chi connectivity index (χ3n) is 5.16. The molecule has 1 aromatic carbocycles. The highest BCUT2D eigenvalue weighted by Gasteiger charge is 2.33. The van der Waals surface area contributed by atoms with Gasteiger partial charge >= 0.3 is 12.0 Å². The Morgan fingerprint density at radius 3 is 2.45 bits per heavy atom. The molecule has 3 rings (SSSR count). The van der Waals surface area contributed by atoms with Crippen molar-refractivity contribution in [1.82, 2.24) is 14.9 Å². The van der Waals surface area contributed by atoms with Crippen LogP contribution >= 0.6 is 0 Å². The van der Waals surface area contributed by atoms with E-state index in [1.165, 1.54) is 16.4 Å². The van der Waals surface area contributed by atoms with E-state index in [1.54, 1.807) is 19.9 Å². The number of carbonyl (C=O) groups is 3. The second-order valence-corrected chi connectivity index (χ2v) is 10.1. The molecule has 0 radical (unpaired) electrons. The molecular weight excluding hydrogens is 454 g/mol. The quantitative estimate of drug-likeness (QED) is 0.572. The van der Waals surface area contributed by atoms with Gasteiger partial charge in [-0.05, 0) is 38.8 Å². The minimum Gasteiger partial charge on any atom is -0.490 e. The Balaban J connectivity index is 1.50. The molecule has 1 saturated heterocycles. The zero-order chi connectivity index (χ0) is 24.0. The van der Waals surface area contributed by atoms with Crippen molar-refractivity contribution < 1.29 is 37.0 Å². The average molecular weight is 484 g/mol. The van der Waals surface area contributed by atoms with Gasteiger partial charge in [-0.3, -0.25) is 14.9 Å². The maximum absolute atomic E-state index is 13.1. The minimum atomic E-state index is -3.77. The van der Waals surface area contributed by atoms with Crippen LogP contribution in [0.2, 0.25) is 0 Å². The summed E-state index contributed by atoms with van der Waals surface area (Å²) in [6, 6.07) is 3.72. The van der Waals surface area contributed by atoms with E-state index in [4.69, 9.17) is 14.2 Å². The van der Waals surface area contributed by atoms with Crippen LogP contribution in [-0.2, 0) is 24.3 Å². The molecule has 1 aromatic rings. The van der Waals surface area contributed by atoms with Crippen molar-refractivity contribution in [3.8, 4) is 11.5 Å². The van der Waals surface area contributed by atoms with Gasteiger partial charge in [0.2, 0.25) is 10.0 Å². The van der Waals surface area contributed by atoms with Gasteiger partial charge in [-0.15, -0.1) is 0 Å². The summed E-state index contributed by atoms with van der Waals surface area (Å²) in [5, 5.41) is 4.56. The summed E-state index contributed by atoms with van der Waals surface area (Å²) >= 11 is 0. The van der Waals surface area contributed by atoms with Crippen LogP contribution < -0.4 is 20.1 Å². The molecule has 2 heterocycles. The number of imide groups is 1. The van der Waals surface area contributed by atoms with E-state index in [0.717, 1.165) is 0 Å². The van der Waals surface area contributed by atoms with Crippen LogP contribution in [0.4, 0.5) is 4.79 Å². The van der Waals surface area contributed by atoms with Gasteiger partial charge in [0, 0.05) is 31.6 Å². The van der Waals surface area contributed by atoms with Crippen molar-refractivity contribution in [2.45, 2.75) is 44.0 Å². The Bertz CT molecular complexity index is 987. The molecule has 3 amide bonds. The van der Waals surface area contributed by atoms with Crippen LogP contribution in [0.15, 0.2) is 23.1 Å². The number of hydrogen-bond acceptors (Lipinski definition) is 8. The highest BCUT2D eigenvalue weighted by Crippen LogP contribution is 2.33. The normalized spacial score (nSPS) is 17.2. The van der Waals surface area contributed by atoms with Crippen molar-refractivity contribution in [3.05, 3.63) is 18.2 Å². The Kier molecular flexibility index (Phi) is 8.14. The van der Waals surface area contributed by atoms with E-state index in [1.807, 2.05) is 0 Å². The van der Waals surface area contributed by atoms with Gasteiger partial charge in [0.05, 0.1) is 24.0 Å². The largest absolute Gasteiger partial charge is 0.490 e. The summed E-state index contributed by atoms with van der Waals surface area (Å²) in [5.41, 5.74) is 0. The first-order valence-corrected chi connectivity index (χ1v) is 12.3. The Hall–Kier alpha value is -2.86. The first-order chi connectivity index (χ1) is 15.7. The molecule has 0 aromatic heterocycles. The number of hydrogen-bond donors (Lipinski definition) is 2. The molecule has 0 aliphatic carbocycles. The van der Waals surface area contributed by atoms with E-state index >= 15 is 0 Å². The topological polar surface area (TPSA) is 140 Å². The number of carbonyl (C=O) groups excluding carboxylic acids is 3. The van der Waals surface area contributed by atoms with Gasteiger partial charge in [-0.2, -0.15) is 4.31 Å². The van der Waals surface area contributed by atoms with Crippen LogP contribution in [0.25, 0.3) is 0 Å². The predicted octanol–water partition coefficient (Wildman–Crippen LogP) is 1.03. The van der Waals surface area contributed by atoms with Crippen molar-refractivity contribution in [2.24, 2.45) is 5.92 Å². The lowest BCUT2D eigenvalue weighted by molar-refractivity contribution is -0.153. The lowest BCUT2D eigenvalue weighted by Gasteiger charge is -2.30. The Morgan fingerprint density at radius 1 is 1.12 bits per heavy atom. The zero-order valence-electron chi connectivity index (χ0n) is 18.7. The number of nitrogens with zero attached hydrogens (tertiary/aromatic N) is 1. The Morgan fingerprint density at radius 2 is 1.79 bits per heavy atom. The number of sulfonamides is 1. The number of fused-ring (bicyclic) bond motifs is 1. The number of esters is 1. The molecule has 2 N–H and O–H groups in total. The van der Waals surface area contributed by atoms with Gasteiger partial charge in [-0.1, -0.05) is 0 Å².